The van der Waals surface area contributed by atoms with Crippen LogP contribution < -0.4 is 14.8 Å². The number of rotatable bonds is 9. The average Bonchev–Trinajstić information content (AvgIpc) is 2.46. The minimum Gasteiger partial charge on any atom is -0.497 e. The summed E-state index contributed by atoms with van der Waals surface area (Å²) in [5, 5.41) is 3.23. The van der Waals surface area contributed by atoms with Crippen LogP contribution in [-0.2, 0) is 16.4 Å². The van der Waals surface area contributed by atoms with Crippen LogP contribution in [0, 0.1) is 0 Å². The first-order valence-corrected chi connectivity index (χ1v) is 8.46. The maximum absolute atomic E-state index is 11.3. The van der Waals surface area contributed by atoms with Crippen molar-refractivity contribution in [3.63, 3.8) is 0 Å². The van der Waals surface area contributed by atoms with Gasteiger partial charge < -0.3 is 14.8 Å². The van der Waals surface area contributed by atoms with Gasteiger partial charge in [0.1, 0.15) is 21.3 Å². The second kappa shape index (κ2) is 8.11. The van der Waals surface area contributed by atoms with E-state index in [9.17, 15) is 8.42 Å². The number of hydrogen-bond donors (Lipinski definition) is 1. The summed E-state index contributed by atoms with van der Waals surface area (Å²) in [5.41, 5.74) is 1.02. The standard InChI is InChI=1S/C14H23NO4S/c1-4-20(16,17)9-5-8-15-11-12-6-7-13(18-2)10-14(12)19-3/h6-7,10,15H,4-5,8-9,11H2,1-3H3. The van der Waals surface area contributed by atoms with Crippen molar-refractivity contribution in [3.8, 4) is 11.5 Å². The summed E-state index contributed by atoms with van der Waals surface area (Å²) >= 11 is 0. The summed E-state index contributed by atoms with van der Waals surface area (Å²) in [7, 11) is 0.361. The Balaban J connectivity index is 2.42. The molecule has 1 rings (SSSR count). The van der Waals surface area contributed by atoms with Crippen molar-refractivity contribution in [2.24, 2.45) is 0 Å². The molecule has 0 amide bonds. The average molecular weight is 301 g/mol. The van der Waals surface area contributed by atoms with E-state index in [1.54, 1.807) is 21.1 Å². The molecule has 0 heterocycles. The molecule has 0 radical (unpaired) electrons. The summed E-state index contributed by atoms with van der Waals surface area (Å²) < 4.78 is 33.1. The first-order chi connectivity index (χ1) is 9.52. The number of sulfone groups is 1. The third-order valence-electron chi connectivity index (χ3n) is 3.06. The third-order valence-corrected chi connectivity index (χ3v) is 4.85. The number of hydrogen-bond acceptors (Lipinski definition) is 5. The van der Waals surface area contributed by atoms with E-state index in [4.69, 9.17) is 9.47 Å². The Labute approximate surface area is 121 Å². The predicted octanol–water partition coefficient (Wildman–Crippen LogP) is 1.62. The van der Waals surface area contributed by atoms with Crippen molar-refractivity contribution in [2.75, 3.05) is 32.3 Å². The minimum atomic E-state index is -2.87. The van der Waals surface area contributed by atoms with Crippen molar-refractivity contribution in [1.29, 1.82) is 0 Å². The maximum atomic E-state index is 11.3. The Hall–Kier alpha value is -1.27. The lowest BCUT2D eigenvalue weighted by Gasteiger charge is -2.11. The SMILES string of the molecule is CCS(=O)(=O)CCCNCc1ccc(OC)cc1OC. The Morgan fingerprint density at radius 1 is 1.20 bits per heavy atom. The lowest BCUT2D eigenvalue weighted by molar-refractivity contribution is 0.390. The van der Waals surface area contributed by atoms with Gasteiger partial charge in [-0.2, -0.15) is 0 Å². The highest BCUT2D eigenvalue weighted by atomic mass is 32.2. The Morgan fingerprint density at radius 3 is 2.55 bits per heavy atom. The molecular weight excluding hydrogens is 278 g/mol. The summed E-state index contributed by atoms with van der Waals surface area (Å²) in [4.78, 5) is 0. The molecule has 0 aliphatic carbocycles. The van der Waals surface area contributed by atoms with E-state index in [2.05, 4.69) is 5.32 Å². The molecule has 0 atom stereocenters. The predicted molar refractivity (Wildman–Crippen MR) is 80.2 cm³/mol. The second-order valence-electron chi connectivity index (χ2n) is 4.44. The molecule has 0 aliphatic heterocycles. The Bertz CT molecular complexity index is 514. The third kappa shape index (κ3) is 5.38. The Morgan fingerprint density at radius 2 is 1.95 bits per heavy atom. The van der Waals surface area contributed by atoms with Crippen LogP contribution in [-0.4, -0.2) is 40.7 Å². The van der Waals surface area contributed by atoms with E-state index < -0.39 is 9.84 Å². The summed E-state index contributed by atoms with van der Waals surface area (Å²) in [6, 6.07) is 5.65. The molecule has 0 saturated carbocycles. The van der Waals surface area contributed by atoms with Crippen molar-refractivity contribution in [2.45, 2.75) is 19.9 Å². The molecule has 0 aromatic heterocycles. The molecule has 0 spiro atoms. The fourth-order valence-corrected chi connectivity index (χ4v) is 2.66. The largest absolute Gasteiger partial charge is 0.497 e. The molecule has 114 valence electrons. The zero-order valence-electron chi connectivity index (χ0n) is 12.3. The van der Waals surface area contributed by atoms with Crippen LogP contribution in [0.25, 0.3) is 0 Å². The molecule has 1 aromatic carbocycles. The molecule has 0 unspecified atom stereocenters. The van der Waals surface area contributed by atoms with Crippen LogP contribution in [0.4, 0.5) is 0 Å². The molecule has 5 nitrogen and oxygen atoms in total. The molecular formula is C14H23NO4S. The van der Waals surface area contributed by atoms with Gasteiger partial charge in [0, 0.05) is 23.9 Å². The fourth-order valence-electron chi connectivity index (χ4n) is 1.78. The van der Waals surface area contributed by atoms with E-state index in [1.165, 1.54) is 0 Å². The molecule has 0 bridgehead atoms. The topological polar surface area (TPSA) is 64.6 Å². The van der Waals surface area contributed by atoms with Gasteiger partial charge in [-0.25, -0.2) is 8.42 Å². The van der Waals surface area contributed by atoms with Crippen LogP contribution in [0.3, 0.4) is 0 Å². The fraction of sp³-hybridized carbons (Fsp3) is 0.571. The van der Waals surface area contributed by atoms with Crippen LogP contribution >= 0.6 is 0 Å². The van der Waals surface area contributed by atoms with E-state index in [0.717, 1.165) is 17.1 Å². The molecule has 0 saturated heterocycles. The highest BCUT2D eigenvalue weighted by Gasteiger charge is 2.07. The van der Waals surface area contributed by atoms with Crippen LogP contribution in [0.2, 0.25) is 0 Å². The van der Waals surface area contributed by atoms with Gasteiger partial charge in [0.25, 0.3) is 0 Å². The molecule has 1 N–H and O–H groups in total. The van der Waals surface area contributed by atoms with Crippen molar-refractivity contribution in [3.05, 3.63) is 23.8 Å². The highest BCUT2D eigenvalue weighted by Crippen LogP contribution is 2.24. The molecule has 1 aromatic rings. The summed E-state index contributed by atoms with van der Waals surface area (Å²) in [5.74, 6) is 1.95. The van der Waals surface area contributed by atoms with Gasteiger partial charge in [0.05, 0.1) is 20.0 Å². The van der Waals surface area contributed by atoms with Crippen LogP contribution in [0.15, 0.2) is 18.2 Å². The normalized spacial score (nSPS) is 11.3. The van der Waals surface area contributed by atoms with Crippen molar-refractivity contribution in [1.82, 2.24) is 5.32 Å². The van der Waals surface area contributed by atoms with E-state index in [1.807, 2.05) is 18.2 Å². The van der Waals surface area contributed by atoms with Crippen molar-refractivity contribution >= 4 is 9.84 Å². The zero-order chi connectivity index (χ0) is 15.0. The lowest BCUT2D eigenvalue weighted by Crippen LogP contribution is -2.19. The summed E-state index contributed by atoms with van der Waals surface area (Å²) in [6.45, 7) is 2.97. The Kier molecular flexibility index (Phi) is 6.81. The number of ether oxygens (including phenoxy) is 2. The maximum Gasteiger partial charge on any atom is 0.150 e. The van der Waals surface area contributed by atoms with Crippen LogP contribution in [0.1, 0.15) is 18.9 Å². The quantitative estimate of drug-likeness (QED) is 0.702. The van der Waals surface area contributed by atoms with Gasteiger partial charge in [-0.05, 0) is 19.0 Å². The number of methoxy groups -OCH3 is 2. The second-order valence-corrected chi connectivity index (χ2v) is 6.92. The molecule has 0 fully saturated rings. The minimum absolute atomic E-state index is 0.208. The highest BCUT2D eigenvalue weighted by molar-refractivity contribution is 7.91. The van der Waals surface area contributed by atoms with E-state index in [-0.39, 0.29) is 11.5 Å². The van der Waals surface area contributed by atoms with Gasteiger partial charge in [0.15, 0.2) is 0 Å². The van der Waals surface area contributed by atoms with Gasteiger partial charge >= 0.3 is 0 Å². The van der Waals surface area contributed by atoms with Crippen LogP contribution in [0.5, 0.6) is 11.5 Å². The first-order valence-electron chi connectivity index (χ1n) is 6.64. The van der Waals surface area contributed by atoms with Gasteiger partial charge in [-0.1, -0.05) is 13.0 Å². The summed E-state index contributed by atoms with van der Waals surface area (Å²) in [6.07, 6.45) is 0.620. The molecule has 6 heteroatoms. The molecule has 0 aliphatic rings. The van der Waals surface area contributed by atoms with Gasteiger partial charge in [-0.3, -0.25) is 0 Å². The molecule has 20 heavy (non-hydrogen) atoms. The first kappa shape index (κ1) is 16.8. The number of benzene rings is 1. The monoisotopic (exact) mass is 301 g/mol. The van der Waals surface area contributed by atoms with Gasteiger partial charge in [-0.15, -0.1) is 0 Å². The van der Waals surface area contributed by atoms with E-state index >= 15 is 0 Å². The van der Waals surface area contributed by atoms with E-state index in [0.29, 0.717) is 19.5 Å². The zero-order valence-corrected chi connectivity index (χ0v) is 13.1. The smallest absolute Gasteiger partial charge is 0.150 e. The number of nitrogens with one attached hydrogen (secondary N) is 1. The van der Waals surface area contributed by atoms with Gasteiger partial charge in [0.2, 0.25) is 0 Å². The lowest BCUT2D eigenvalue weighted by atomic mass is 10.2. The van der Waals surface area contributed by atoms with Crippen molar-refractivity contribution < 1.29 is 17.9 Å².